The molecule has 1 aliphatic carbocycles. The number of aryl methyl sites for hydroxylation is 1. The van der Waals surface area contributed by atoms with E-state index in [0.717, 1.165) is 5.56 Å². The average molecular weight is 321 g/mol. The molecule has 0 bridgehead atoms. The molecule has 6 nitrogen and oxygen atoms in total. The third-order valence-corrected chi connectivity index (χ3v) is 4.01. The first-order chi connectivity index (χ1) is 10.3. The summed E-state index contributed by atoms with van der Waals surface area (Å²) >= 11 is 5.89. The van der Waals surface area contributed by atoms with Crippen molar-refractivity contribution in [3.05, 3.63) is 28.9 Å². The Hall–Kier alpha value is -1.92. The number of hydrogen-bond donors (Lipinski definition) is 3. The highest BCUT2D eigenvalue weighted by molar-refractivity contribution is 6.30. The fourth-order valence-electron chi connectivity index (χ4n) is 2.79. The Morgan fingerprint density at radius 3 is 2.59 bits per heavy atom. The maximum Gasteiger partial charge on any atom is 0.185 e. The van der Waals surface area contributed by atoms with Gasteiger partial charge in [-0.1, -0.05) is 11.6 Å². The van der Waals surface area contributed by atoms with Crippen molar-refractivity contribution in [2.45, 2.75) is 38.3 Å². The fourth-order valence-corrected chi connectivity index (χ4v) is 3.05. The number of rotatable bonds is 3. The van der Waals surface area contributed by atoms with Crippen molar-refractivity contribution >= 4 is 17.4 Å². The van der Waals surface area contributed by atoms with Gasteiger partial charge in [-0.3, -0.25) is 0 Å². The van der Waals surface area contributed by atoms with E-state index in [2.05, 4.69) is 20.5 Å². The second kappa shape index (κ2) is 5.37. The third kappa shape index (κ3) is 2.98. The van der Waals surface area contributed by atoms with Gasteiger partial charge in [0.15, 0.2) is 11.6 Å². The van der Waals surface area contributed by atoms with Gasteiger partial charge >= 0.3 is 0 Å². The highest BCUT2D eigenvalue weighted by atomic mass is 35.5. The number of nitrogens with one attached hydrogen (secondary N) is 1. The fraction of sp³-hybridized carbons (Fsp3) is 0.400. The Morgan fingerprint density at radius 1 is 1.32 bits per heavy atom. The van der Waals surface area contributed by atoms with Crippen LogP contribution in [0.15, 0.2) is 18.3 Å². The summed E-state index contributed by atoms with van der Waals surface area (Å²) in [5, 5.41) is 31.5. The zero-order valence-corrected chi connectivity index (χ0v) is 13.1. The monoisotopic (exact) mass is 320 g/mol. The van der Waals surface area contributed by atoms with E-state index in [-0.39, 0.29) is 11.8 Å². The first-order valence-electron chi connectivity index (χ1n) is 7.02. The van der Waals surface area contributed by atoms with Crippen LogP contribution in [-0.4, -0.2) is 37.0 Å². The van der Waals surface area contributed by atoms with Crippen molar-refractivity contribution in [2.24, 2.45) is 0 Å². The van der Waals surface area contributed by atoms with Crippen LogP contribution in [0.25, 0.3) is 11.4 Å². The molecule has 0 amide bonds. The SMILES string of the molecule is Cc1cc(Cl)cc(O)c1-c1ncc(N[C@H]2C[C@@](C)(O)C2)nn1. The molecule has 2 aromatic rings. The molecule has 1 heterocycles. The van der Waals surface area contributed by atoms with Gasteiger partial charge in [-0.05, 0) is 44.4 Å². The number of aromatic hydroxyl groups is 1. The summed E-state index contributed by atoms with van der Waals surface area (Å²) in [4.78, 5) is 4.25. The number of nitrogens with zero attached hydrogens (tertiary/aromatic N) is 3. The molecular formula is C15H17ClN4O2. The van der Waals surface area contributed by atoms with Crippen LogP contribution in [0.3, 0.4) is 0 Å². The smallest absolute Gasteiger partial charge is 0.185 e. The van der Waals surface area contributed by atoms with Gasteiger partial charge in [0, 0.05) is 11.1 Å². The minimum absolute atomic E-state index is 0.0301. The van der Waals surface area contributed by atoms with Crippen LogP contribution in [0.2, 0.25) is 5.02 Å². The molecule has 116 valence electrons. The maximum absolute atomic E-state index is 10.0. The second-order valence-corrected chi connectivity index (χ2v) is 6.47. The Bertz CT molecular complexity index is 672. The molecule has 0 radical (unpaired) electrons. The normalized spacial score (nSPS) is 23.9. The Kier molecular flexibility index (Phi) is 3.66. The number of anilines is 1. The van der Waals surface area contributed by atoms with Crippen molar-refractivity contribution in [3.8, 4) is 17.1 Å². The highest BCUT2D eigenvalue weighted by Crippen LogP contribution is 2.34. The molecule has 7 heteroatoms. The van der Waals surface area contributed by atoms with E-state index in [9.17, 15) is 10.2 Å². The summed E-state index contributed by atoms with van der Waals surface area (Å²) in [6, 6.07) is 3.38. The third-order valence-electron chi connectivity index (χ3n) is 3.79. The molecule has 1 aromatic heterocycles. The summed E-state index contributed by atoms with van der Waals surface area (Å²) in [6.07, 6.45) is 2.92. The number of hydrogen-bond acceptors (Lipinski definition) is 6. The molecule has 22 heavy (non-hydrogen) atoms. The molecule has 0 atom stereocenters. The molecular weight excluding hydrogens is 304 g/mol. The van der Waals surface area contributed by atoms with Crippen LogP contribution in [0, 0.1) is 6.92 Å². The van der Waals surface area contributed by atoms with E-state index in [4.69, 9.17) is 11.6 Å². The molecule has 0 aliphatic heterocycles. The van der Waals surface area contributed by atoms with Crippen molar-refractivity contribution in [3.63, 3.8) is 0 Å². The van der Waals surface area contributed by atoms with E-state index >= 15 is 0 Å². The lowest BCUT2D eigenvalue weighted by Gasteiger charge is -2.41. The molecule has 1 saturated carbocycles. The van der Waals surface area contributed by atoms with Gasteiger partial charge in [0.2, 0.25) is 0 Å². The minimum atomic E-state index is -0.593. The zero-order valence-electron chi connectivity index (χ0n) is 12.3. The van der Waals surface area contributed by atoms with E-state index in [1.54, 1.807) is 12.3 Å². The van der Waals surface area contributed by atoms with Crippen LogP contribution >= 0.6 is 11.6 Å². The summed E-state index contributed by atoms with van der Waals surface area (Å²) in [5.41, 5.74) is 0.711. The number of halogens is 1. The lowest BCUT2D eigenvalue weighted by Crippen LogP contribution is -2.48. The van der Waals surface area contributed by atoms with Crippen LogP contribution in [0.4, 0.5) is 5.82 Å². The quantitative estimate of drug-likeness (QED) is 0.805. The molecule has 0 spiro atoms. The van der Waals surface area contributed by atoms with Gasteiger partial charge in [0.05, 0.1) is 17.4 Å². The molecule has 1 aliphatic rings. The Morgan fingerprint density at radius 2 is 2.05 bits per heavy atom. The summed E-state index contributed by atoms with van der Waals surface area (Å²) in [7, 11) is 0. The molecule has 3 rings (SSSR count). The first-order valence-corrected chi connectivity index (χ1v) is 7.40. The van der Waals surface area contributed by atoms with Crippen molar-refractivity contribution in [1.29, 1.82) is 0 Å². The van der Waals surface area contributed by atoms with Gasteiger partial charge < -0.3 is 15.5 Å². The molecule has 0 unspecified atom stereocenters. The van der Waals surface area contributed by atoms with E-state index < -0.39 is 5.60 Å². The summed E-state index contributed by atoms with van der Waals surface area (Å²) < 4.78 is 0. The average Bonchev–Trinajstić information content (AvgIpc) is 2.37. The molecule has 0 saturated heterocycles. The lowest BCUT2D eigenvalue weighted by molar-refractivity contribution is -0.0235. The lowest BCUT2D eigenvalue weighted by atomic mass is 9.77. The van der Waals surface area contributed by atoms with E-state index in [1.165, 1.54) is 6.07 Å². The number of aromatic nitrogens is 3. The Balaban J connectivity index is 1.77. The predicted molar refractivity (Wildman–Crippen MR) is 83.9 cm³/mol. The highest BCUT2D eigenvalue weighted by Gasteiger charge is 2.38. The largest absolute Gasteiger partial charge is 0.507 e. The Labute approximate surface area is 133 Å². The van der Waals surface area contributed by atoms with Crippen LogP contribution < -0.4 is 5.32 Å². The summed E-state index contributed by atoms with van der Waals surface area (Å²) in [6.45, 7) is 3.64. The minimum Gasteiger partial charge on any atom is -0.507 e. The van der Waals surface area contributed by atoms with Gasteiger partial charge in [-0.2, -0.15) is 0 Å². The molecule has 1 fully saturated rings. The summed E-state index contributed by atoms with van der Waals surface area (Å²) in [5.74, 6) is 0.927. The predicted octanol–water partition coefficient (Wildman–Crippen LogP) is 2.53. The van der Waals surface area contributed by atoms with Gasteiger partial charge in [-0.15, -0.1) is 10.2 Å². The first kappa shape index (κ1) is 15.0. The molecule has 3 N–H and O–H groups in total. The second-order valence-electron chi connectivity index (χ2n) is 6.03. The number of benzene rings is 1. The van der Waals surface area contributed by atoms with Crippen molar-refractivity contribution in [1.82, 2.24) is 15.2 Å². The standard InChI is InChI=1S/C15H17ClN4O2/c1-8-3-9(16)4-11(21)13(8)14-17-7-12(19-20-14)18-10-5-15(2,22)6-10/h3-4,7,10,21-22H,5-6H2,1-2H3,(H,18,19)/t10-,15+. The zero-order chi connectivity index (χ0) is 15.9. The van der Waals surface area contributed by atoms with Gasteiger partial charge in [0.1, 0.15) is 5.75 Å². The van der Waals surface area contributed by atoms with Crippen LogP contribution in [-0.2, 0) is 0 Å². The van der Waals surface area contributed by atoms with E-state index in [1.807, 2.05) is 13.8 Å². The van der Waals surface area contributed by atoms with Crippen molar-refractivity contribution < 1.29 is 10.2 Å². The maximum atomic E-state index is 10.0. The van der Waals surface area contributed by atoms with E-state index in [0.29, 0.717) is 35.1 Å². The van der Waals surface area contributed by atoms with Gasteiger partial charge in [0.25, 0.3) is 0 Å². The van der Waals surface area contributed by atoms with Crippen LogP contribution in [0.5, 0.6) is 5.75 Å². The number of aliphatic hydroxyl groups is 1. The number of phenolic OH excluding ortho intramolecular Hbond substituents is 1. The number of phenols is 1. The molecule has 1 aromatic carbocycles. The van der Waals surface area contributed by atoms with Gasteiger partial charge in [-0.25, -0.2) is 4.98 Å². The van der Waals surface area contributed by atoms with Crippen LogP contribution in [0.1, 0.15) is 25.3 Å². The van der Waals surface area contributed by atoms with Crippen molar-refractivity contribution in [2.75, 3.05) is 5.32 Å². The topological polar surface area (TPSA) is 91.2 Å².